The number of rotatable bonds is 5. The maximum atomic E-state index is 13.0. The topological polar surface area (TPSA) is 85.1 Å². The van der Waals surface area contributed by atoms with Crippen molar-refractivity contribution in [1.82, 2.24) is 4.98 Å². The molecular formula is C18H14FN3O2S. The van der Waals surface area contributed by atoms with Gasteiger partial charge in [-0.25, -0.2) is 9.37 Å². The number of primary amides is 1. The van der Waals surface area contributed by atoms with Crippen molar-refractivity contribution in [3.8, 4) is 10.6 Å². The second-order valence-electron chi connectivity index (χ2n) is 5.30. The summed E-state index contributed by atoms with van der Waals surface area (Å²) in [5, 5.41) is 4.99. The van der Waals surface area contributed by atoms with E-state index in [-0.39, 0.29) is 23.8 Å². The number of hydrogen-bond donors (Lipinski definition) is 2. The van der Waals surface area contributed by atoms with Gasteiger partial charge >= 0.3 is 0 Å². The molecule has 0 fully saturated rings. The number of nitrogens with zero attached hydrogens (tertiary/aromatic N) is 1. The first-order chi connectivity index (χ1) is 12.0. The molecule has 3 rings (SSSR count). The van der Waals surface area contributed by atoms with Crippen molar-refractivity contribution >= 4 is 28.8 Å². The van der Waals surface area contributed by atoms with Crippen molar-refractivity contribution in [3.63, 3.8) is 0 Å². The van der Waals surface area contributed by atoms with Gasteiger partial charge in [-0.2, -0.15) is 0 Å². The molecule has 0 aliphatic heterocycles. The first-order valence-electron chi connectivity index (χ1n) is 7.42. The zero-order valence-corrected chi connectivity index (χ0v) is 13.8. The average Bonchev–Trinajstić information content (AvgIpc) is 3.07. The Hall–Kier alpha value is -3.06. The first kappa shape index (κ1) is 16.8. The van der Waals surface area contributed by atoms with Gasteiger partial charge in [-0.3, -0.25) is 9.59 Å². The molecule has 3 aromatic rings. The van der Waals surface area contributed by atoms with E-state index in [4.69, 9.17) is 5.73 Å². The maximum Gasteiger partial charge on any atom is 0.275 e. The van der Waals surface area contributed by atoms with Gasteiger partial charge in [0, 0.05) is 16.6 Å². The van der Waals surface area contributed by atoms with Crippen LogP contribution in [-0.2, 0) is 11.2 Å². The smallest absolute Gasteiger partial charge is 0.275 e. The van der Waals surface area contributed by atoms with Gasteiger partial charge in [-0.05, 0) is 35.9 Å². The van der Waals surface area contributed by atoms with Crippen LogP contribution in [0.5, 0.6) is 0 Å². The Kier molecular flexibility index (Phi) is 4.85. The molecular weight excluding hydrogens is 341 g/mol. The zero-order chi connectivity index (χ0) is 17.8. The van der Waals surface area contributed by atoms with Gasteiger partial charge < -0.3 is 11.1 Å². The summed E-state index contributed by atoms with van der Waals surface area (Å²) >= 11 is 1.29. The lowest BCUT2D eigenvalue weighted by molar-refractivity contribution is -0.117. The molecule has 0 unspecified atom stereocenters. The van der Waals surface area contributed by atoms with Crippen LogP contribution in [0.2, 0.25) is 0 Å². The lowest BCUT2D eigenvalue weighted by Gasteiger charge is -2.08. The summed E-state index contributed by atoms with van der Waals surface area (Å²) in [5.41, 5.74) is 7.36. The second kappa shape index (κ2) is 7.23. The van der Waals surface area contributed by atoms with Crippen molar-refractivity contribution in [3.05, 3.63) is 71.0 Å². The number of anilines is 1. The minimum absolute atomic E-state index is 0.0361. The molecule has 0 saturated heterocycles. The van der Waals surface area contributed by atoms with Gasteiger partial charge in [-0.1, -0.05) is 18.2 Å². The molecule has 2 amide bonds. The number of benzene rings is 2. The van der Waals surface area contributed by atoms with Crippen molar-refractivity contribution in [1.29, 1.82) is 0 Å². The number of hydrogen-bond acceptors (Lipinski definition) is 4. The third-order valence-electron chi connectivity index (χ3n) is 3.46. The number of carbonyl (C=O) groups excluding carboxylic acids is 2. The molecule has 0 atom stereocenters. The number of amides is 2. The molecule has 3 N–H and O–H groups in total. The van der Waals surface area contributed by atoms with Crippen LogP contribution in [0, 0.1) is 5.82 Å². The largest absolute Gasteiger partial charge is 0.369 e. The highest BCUT2D eigenvalue weighted by Gasteiger charge is 2.14. The van der Waals surface area contributed by atoms with Gasteiger partial charge in [0.05, 0.1) is 6.42 Å². The van der Waals surface area contributed by atoms with Gasteiger partial charge in [0.25, 0.3) is 5.91 Å². The molecule has 0 aliphatic rings. The van der Waals surface area contributed by atoms with E-state index in [1.807, 2.05) is 0 Å². The Morgan fingerprint density at radius 2 is 1.84 bits per heavy atom. The minimum atomic E-state index is -0.478. The molecule has 0 spiro atoms. The molecule has 2 aromatic carbocycles. The van der Waals surface area contributed by atoms with Crippen LogP contribution >= 0.6 is 11.3 Å². The number of halogens is 1. The van der Waals surface area contributed by atoms with Crippen LogP contribution in [0.15, 0.2) is 53.9 Å². The standard InChI is InChI=1S/C18H14FN3O2S/c19-13-7-5-11(6-8-13)18-22-15(10-25-18)17(24)21-14-4-2-1-3-12(14)9-16(20)23/h1-8,10H,9H2,(H2,20,23)(H,21,24). The van der Waals surface area contributed by atoms with Crippen molar-refractivity contribution in [2.75, 3.05) is 5.32 Å². The second-order valence-corrected chi connectivity index (χ2v) is 6.16. The maximum absolute atomic E-state index is 13.0. The number of aromatic nitrogens is 1. The molecule has 25 heavy (non-hydrogen) atoms. The van der Waals surface area contributed by atoms with Gasteiger partial charge in [0.2, 0.25) is 5.91 Å². The molecule has 0 aliphatic carbocycles. The summed E-state index contributed by atoms with van der Waals surface area (Å²) in [5.74, 6) is -1.19. The van der Waals surface area contributed by atoms with E-state index in [1.54, 1.807) is 41.8 Å². The Bertz CT molecular complexity index is 922. The molecule has 7 heteroatoms. The number of thiazole rings is 1. The Morgan fingerprint density at radius 3 is 2.56 bits per heavy atom. The summed E-state index contributed by atoms with van der Waals surface area (Å²) in [7, 11) is 0. The number of para-hydroxylation sites is 1. The fourth-order valence-electron chi connectivity index (χ4n) is 2.27. The molecule has 0 saturated carbocycles. The van der Waals surface area contributed by atoms with Crippen LogP contribution in [0.1, 0.15) is 16.1 Å². The third-order valence-corrected chi connectivity index (χ3v) is 4.35. The summed E-state index contributed by atoms with van der Waals surface area (Å²) in [6.07, 6.45) is 0.0361. The highest BCUT2D eigenvalue weighted by atomic mass is 32.1. The quantitative estimate of drug-likeness (QED) is 0.737. The summed E-state index contributed by atoms with van der Waals surface area (Å²) in [6.45, 7) is 0. The molecule has 0 bridgehead atoms. The van der Waals surface area contributed by atoms with Crippen molar-refractivity contribution in [2.45, 2.75) is 6.42 Å². The Balaban J connectivity index is 1.79. The monoisotopic (exact) mass is 355 g/mol. The lowest BCUT2D eigenvalue weighted by Crippen LogP contribution is -2.17. The number of nitrogens with one attached hydrogen (secondary N) is 1. The molecule has 1 aromatic heterocycles. The Morgan fingerprint density at radius 1 is 1.12 bits per heavy atom. The minimum Gasteiger partial charge on any atom is -0.369 e. The van der Waals surface area contributed by atoms with Gasteiger partial charge in [0.15, 0.2) is 0 Å². The highest BCUT2D eigenvalue weighted by molar-refractivity contribution is 7.13. The predicted molar refractivity (Wildman–Crippen MR) is 94.8 cm³/mol. The lowest BCUT2D eigenvalue weighted by atomic mass is 10.1. The summed E-state index contributed by atoms with van der Waals surface area (Å²) in [6, 6.07) is 12.9. The molecule has 0 radical (unpaired) electrons. The van der Waals surface area contributed by atoms with E-state index >= 15 is 0 Å². The summed E-state index contributed by atoms with van der Waals surface area (Å²) < 4.78 is 13.0. The first-order valence-corrected chi connectivity index (χ1v) is 8.30. The van der Waals surface area contributed by atoms with Gasteiger partial charge in [-0.15, -0.1) is 11.3 Å². The highest BCUT2D eigenvalue weighted by Crippen LogP contribution is 2.24. The predicted octanol–water partition coefficient (Wildman–Crippen LogP) is 3.23. The third kappa shape index (κ3) is 4.07. The number of carbonyl (C=O) groups is 2. The van der Waals surface area contributed by atoms with Crippen LogP contribution in [0.4, 0.5) is 10.1 Å². The van der Waals surface area contributed by atoms with Crippen molar-refractivity contribution < 1.29 is 14.0 Å². The van der Waals surface area contributed by atoms with E-state index in [9.17, 15) is 14.0 Å². The van der Waals surface area contributed by atoms with Crippen LogP contribution in [-0.4, -0.2) is 16.8 Å². The fraction of sp³-hybridized carbons (Fsp3) is 0.0556. The molecule has 5 nitrogen and oxygen atoms in total. The SMILES string of the molecule is NC(=O)Cc1ccccc1NC(=O)c1csc(-c2ccc(F)cc2)n1. The fourth-order valence-corrected chi connectivity index (χ4v) is 3.08. The molecule has 126 valence electrons. The van der Waals surface area contributed by atoms with E-state index in [0.29, 0.717) is 16.3 Å². The Labute approximate surface area is 147 Å². The average molecular weight is 355 g/mol. The number of nitrogens with two attached hydrogens (primary N) is 1. The zero-order valence-electron chi connectivity index (χ0n) is 13.0. The van der Waals surface area contributed by atoms with Crippen LogP contribution in [0.3, 0.4) is 0 Å². The van der Waals surface area contributed by atoms with Crippen LogP contribution < -0.4 is 11.1 Å². The van der Waals surface area contributed by atoms with Gasteiger partial charge in [0.1, 0.15) is 16.5 Å². The normalized spacial score (nSPS) is 10.4. The van der Waals surface area contributed by atoms with Crippen molar-refractivity contribution in [2.24, 2.45) is 5.73 Å². The van der Waals surface area contributed by atoms with E-state index in [2.05, 4.69) is 10.3 Å². The van der Waals surface area contributed by atoms with Crippen LogP contribution in [0.25, 0.3) is 10.6 Å². The van der Waals surface area contributed by atoms with E-state index in [1.165, 1.54) is 23.5 Å². The summed E-state index contributed by atoms with van der Waals surface area (Å²) in [4.78, 5) is 27.8. The van der Waals surface area contributed by atoms with E-state index < -0.39 is 5.91 Å². The van der Waals surface area contributed by atoms with E-state index in [0.717, 1.165) is 5.56 Å². The molecule has 1 heterocycles.